The van der Waals surface area contributed by atoms with Crippen molar-refractivity contribution < 1.29 is 9.90 Å². The van der Waals surface area contributed by atoms with Crippen LogP contribution in [0.15, 0.2) is 23.0 Å². The maximum absolute atomic E-state index is 11.6. The molecule has 0 saturated heterocycles. The molecule has 1 aromatic heterocycles. The molecule has 0 amide bonds. The second-order valence-electron chi connectivity index (χ2n) is 3.28. The third-order valence-electron chi connectivity index (χ3n) is 2.20. The monoisotopic (exact) mass is 223 g/mol. The lowest BCUT2D eigenvalue weighted by atomic mass is 10.1. The van der Waals surface area contributed by atoms with Gasteiger partial charge in [-0.15, -0.1) is 0 Å². The molecule has 0 fully saturated rings. The van der Waals surface area contributed by atoms with Gasteiger partial charge in [0.05, 0.1) is 10.9 Å². The number of aliphatic carboxylic acids is 1. The number of carboxylic acids is 1. The zero-order valence-corrected chi connectivity index (χ0v) is 8.87. The summed E-state index contributed by atoms with van der Waals surface area (Å²) in [7, 11) is 0. The first-order chi connectivity index (χ1) is 7.09. The van der Waals surface area contributed by atoms with Gasteiger partial charge in [0.15, 0.2) is 0 Å². The van der Waals surface area contributed by atoms with Crippen LogP contribution in [0.1, 0.15) is 5.56 Å². The Morgan fingerprint density at radius 2 is 2.27 bits per heavy atom. The first-order valence-electron chi connectivity index (χ1n) is 4.41. The minimum absolute atomic E-state index is 0.0793. The Labute approximate surface area is 89.5 Å². The molecule has 0 saturated carbocycles. The van der Waals surface area contributed by atoms with Gasteiger partial charge < -0.3 is 5.11 Å². The number of nitrogens with zero attached hydrogens (tertiary/aromatic N) is 1. The highest BCUT2D eigenvalue weighted by molar-refractivity contribution is 7.05. The number of hydrogen-bond donors (Lipinski definition) is 1. The van der Waals surface area contributed by atoms with Crippen LogP contribution >= 0.6 is 11.5 Å². The third-order valence-corrected chi connectivity index (χ3v) is 3.11. The minimum Gasteiger partial charge on any atom is -0.480 e. The third kappa shape index (κ3) is 1.66. The number of aromatic nitrogens is 1. The SMILES string of the molecule is Cc1cccc2c1c(=O)sn2CC(=O)O. The average molecular weight is 223 g/mol. The molecule has 78 valence electrons. The van der Waals surface area contributed by atoms with Crippen molar-refractivity contribution in [2.75, 3.05) is 0 Å². The summed E-state index contributed by atoms with van der Waals surface area (Å²) in [6.45, 7) is 1.69. The van der Waals surface area contributed by atoms with E-state index in [1.165, 1.54) is 3.96 Å². The molecule has 0 spiro atoms. The van der Waals surface area contributed by atoms with Gasteiger partial charge in [0, 0.05) is 0 Å². The van der Waals surface area contributed by atoms with Crippen LogP contribution in [0.4, 0.5) is 0 Å². The first kappa shape index (κ1) is 9.92. The van der Waals surface area contributed by atoms with Crippen molar-refractivity contribution >= 4 is 28.4 Å². The molecular weight excluding hydrogens is 214 g/mol. The molecule has 1 heterocycles. The van der Waals surface area contributed by atoms with Crippen molar-refractivity contribution in [3.05, 3.63) is 33.3 Å². The molecule has 0 unspecified atom stereocenters. The summed E-state index contributed by atoms with van der Waals surface area (Å²) in [5, 5.41) is 9.32. The van der Waals surface area contributed by atoms with E-state index in [9.17, 15) is 9.59 Å². The molecule has 2 rings (SSSR count). The zero-order chi connectivity index (χ0) is 11.0. The Morgan fingerprint density at radius 3 is 2.93 bits per heavy atom. The van der Waals surface area contributed by atoms with Crippen LogP contribution in [0.5, 0.6) is 0 Å². The molecule has 0 aliphatic heterocycles. The Bertz CT molecular complexity index is 582. The van der Waals surface area contributed by atoms with Crippen LogP contribution in [0, 0.1) is 6.92 Å². The normalized spacial score (nSPS) is 10.7. The quantitative estimate of drug-likeness (QED) is 0.838. The lowest BCUT2D eigenvalue weighted by Gasteiger charge is -1.99. The van der Waals surface area contributed by atoms with Gasteiger partial charge >= 0.3 is 5.97 Å². The summed E-state index contributed by atoms with van der Waals surface area (Å²) >= 11 is 0.950. The number of fused-ring (bicyclic) bond motifs is 1. The van der Waals surface area contributed by atoms with Crippen LogP contribution in [-0.4, -0.2) is 15.0 Å². The van der Waals surface area contributed by atoms with Gasteiger partial charge in [0.1, 0.15) is 6.54 Å². The molecule has 0 aliphatic rings. The van der Waals surface area contributed by atoms with Crippen LogP contribution < -0.4 is 4.74 Å². The molecule has 0 bridgehead atoms. The Balaban J connectivity index is 2.73. The average Bonchev–Trinajstić information content (AvgIpc) is 2.44. The largest absolute Gasteiger partial charge is 0.480 e. The highest BCUT2D eigenvalue weighted by Crippen LogP contribution is 2.17. The van der Waals surface area contributed by atoms with E-state index < -0.39 is 5.97 Å². The zero-order valence-electron chi connectivity index (χ0n) is 8.06. The minimum atomic E-state index is -0.940. The second-order valence-corrected chi connectivity index (χ2v) is 4.27. The topological polar surface area (TPSA) is 59.3 Å². The van der Waals surface area contributed by atoms with Crippen molar-refractivity contribution in [3.63, 3.8) is 0 Å². The van der Waals surface area contributed by atoms with Crippen LogP contribution in [0.2, 0.25) is 0 Å². The van der Waals surface area contributed by atoms with Crippen LogP contribution in [0.25, 0.3) is 10.9 Å². The van der Waals surface area contributed by atoms with E-state index in [1.807, 2.05) is 19.1 Å². The van der Waals surface area contributed by atoms with Crippen molar-refractivity contribution in [3.8, 4) is 0 Å². The van der Waals surface area contributed by atoms with Crippen molar-refractivity contribution in [2.24, 2.45) is 0 Å². The van der Waals surface area contributed by atoms with E-state index in [1.54, 1.807) is 6.07 Å². The maximum atomic E-state index is 11.6. The van der Waals surface area contributed by atoms with E-state index in [2.05, 4.69) is 0 Å². The predicted octanol–water partition coefficient (Wildman–Crippen LogP) is 1.46. The molecular formula is C10H9NO3S. The Kier molecular flexibility index (Phi) is 2.32. The molecule has 5 heteroatoms. The van der Waals surface area contributed by atoms with E-state index in [0.717, 1.165) is 17.1 Å². The predicted molar refractivity (Wildman–Crippen MR) is 58.5 cm³/mol. The molecule has 4 nitrogen and oxygen atoms in total. The van der Waals surface area contributed by atoms with Gasteiger partial charge in [-0.2, -0.15) is 0 Å². The number of hydrogen-bond acceptors (Lipinski definition) is 3. The molecule has 2 aromatic rings. The molecule has 15 heavy (non-hydrogen) atoms. The summed E-state index contributed by atoms with van der Waals surface area (Å²) in [6, 6.07) is 5.44. The van der Waals surface area contributed by atoms with Gasteiger partial charge in [-0.3, -0.25) is 13.5 Å². The van der Waals surface area contributed by atoms with Gasteiger partial charge in [-0.05, 0) is 30.1 Å². The Morgan fingerprint density at radius 1 is 1.53 bits per heavy atom. The Hall–Kier alpha value is -1.62. The van der Waals surface area contributed by atoms with E-state index in [0.29, 0.717) is 10.9 Å². The second kappa shape index (κ2) is 3.51. The molecule has 0 radical (unpaired) electrons. The molecule has 1 N–H and O–H groups in total. The highest BCUT2D eigenvalue weighted by Gasteiger charge is 2.10. The summed E-state index contributed by atoms with van der Waals surface area (Å²) in [5.41, 5.74) is 1.59. The molecule has 0 aliphatic carbocycles. The van der Waals surface area contributed by atoms with E-state index >= 15 is 0 Å². The summed E-state index contributed by atoms with van der Waals surface area (Å²) < 4.78 is 1.43. The fourth-order valence-corrected chi connectivity index (χ4v) is 2.54. The van der Waals surface area contributed by atoms with Crippen molar-refractivity contribution in [2.45, 2.75) is 13.5 Å². The van der Waals surface area contributed by atoms with E-state index in [4.69, 9.17) is 5.11 Å². The maximum Gasteiger partial charge on any atom is 0.324 e. The molecule has 0 atom stereocenters. The van der Waals surface area contributed by atoms with Crippen LogP contribution in [0.3, 0.4) is 0 Å². The van der Waals surface area contributed by atoms with Gasteiger partial charge in [0.25, 0.3) is 4.74 Å². The van der Waals surface area contributed by atoms with Crippen molar-refractivity contribution in [1.82, 2.24) is 3.96 Å². The number of carbonyl (C=O) groups is 1. The van der Waals surface area contributed by atoms with Gasteiger partial charge in [-0.25, -0.2) is 0 Å². The summed E-state index contributed by atoms with van der Waals surface area (Å²) in [4.78, 5) is 22.2. The molecule has 1 aromatic carbocycles. The first-order valence-corrected chi connectivity index (χ1v) is 5.18. The summed E-state index contributed by atoms with van der Waals surface area (Å²) in [6.07, 6.45) is 0. The van der Waals surface area contributed by atoms with Crippen molar-refractivity contribution in [1.29, 1.82) is 0 Å². The lowest BCUT2D eigenvalue weighted by molar-refractivity contribution is -0.137. The van der Waals surface area contributed by atoms with Crippen LogP contribution in [-0.2, 0) is 11.3 Å². The number of aryl methyl sites for hydroxylation is 1. The fourth-order valence-electron chi connectivity index (χ4n) is 1.56. The smallest absolute Gasteiger partial charge is 0.324 e. The van der Waals surface area contributed by atoms with Gasteiger partial charge in [-0.1, -0.05) is 12.1 Å². The van der Waals surface area contributed by atoms with E-state index in [-0.39, 0.29) is 11.3 Å². The standard InChI is InChI=1S/C10H9NO3S/c1-6-3-2-4-7-9(6)10(14)15-11(7)5-8(12)13/h2-4H,5H2,1H3,(H,12,13). The summed E-state index contributed by atoms with van der Waals surface area (Å²) in [5.74, 6) is -0.940. The van der Waals surface area contributed by atoms with Gasteiger partial charge in [0.2, 0.25) is 0 Å². The number of rotatable bonds is 2. The number of benzene rings is 1. The lowest BCUT2D eigenvalue weighted by Crippen LogP contribution is -2.05. The number of carboxylic acid groups (broad SMARTS) is 1. The highest BCUT2D eigenvalue weighted by atomic mass is 32.1. The fraction of sp³-hybridized carbons (Fsp3) is 0.200.